The maximum Gasteiger partial charge on any atom is 0.364 e. The normalized spacial score (nSPS) is 43.9. The van der Waals surface area contributed by atoms with Gasteiger partial charge in [-0.05, 0) is 13.8 Å². The maximum absolute atomic E-state index is 12.6. The molecule has 3 heterocycles. The van der Waals surface area contributed by atoms with E-state index in [-0.39, 0.29) is 13.2 Å². The quantitative estimate of drug-likeness (QED) is 0.0772. The zero-order chi connectivity index (χ0) is 33.8. The Bertz CT molecular complexity index is 971. The maximum atomic E-state index is 12.6. The summed E-state index contributed by atoms with van der Waals surface area (Å²) >= 11 is 0. The molecule has 45 heavy (non-hydrogen) atoms. The van der Waals surface area contributed by atoms with Crippen LogP contribution in [0.1, 0.15) is 26.7 Å². The van der Waals surface area contributed by atoms with Crippen LogP contribution in [-0.2, 0) is 38.0 Å². The molecular weight excluding hydrogens is 616 g/mol. The van der Waals surface area contributed by atoms with Crippen molar-refractivity contribution < 1.29 is 94.2 Å². The zero-order valence-corrected chi connectivity index (χ0v) is 24.6. The number of ether oxygens (including phenoxy) is 6. The van der Waals surface area contributed by atoms with E-state index in [4.69, 9.17) is 28.4 Å². The minimum absolute atomic E-state index is 0.333. The topological polar surface area (TPSA) is 312 Å². The molecule has 19 nitrogen and oxygen atoms in total. The molecule has 0 bridgehead atoms. The number of hydrogen-bond donors (Lipinski definition) is 11. The Morgan fingerprint density at radius 1 is 0.889 bits per heavy atom. The minimum atomic E-state index is -2.90. The number of ketones is 1. The molecule has 0 aliphatic carbocycles. The van der Waals surface area contributed by atoms with Crippen molar-refractivity contribution in [1.82, 2.24) is 0 Å². The molecule has 3 aliphatic heterocycles. The molecule has 0 saturated carbocycles. The molecule has 0 aromatic rings. The number of aliphatic hydroxyl groups is 10. The van der Waals surface area contributed by atoms with Crippen molar-refractivity contribution >= 4 is 11.8 Å². The van der Waals surface area contributed by atoms with E-state index in [0.29, 0.717) is 0 Å². The van der Waals surface area contributed by atoms with E-state index in [9.17, 15) is 65.8 Å². The van der Waals surface area contributed by atoms with Gasteiger partial charge >= 0.3 is 5.97 Å². The lowest BCUT2D eigenvalue weighted by molar-refractivity contribution is -0.374. The molecule has 262 valence electrons. The number of carbonyl (C=O) groups excluding carboxylic acids is 1. The Balaban J connectivity index is 1.76. The van der Waals surface area contributed by atoms with Crippen molar-refractivity contribution in [2.75, 3.05) is 26.4 Å². The Labute approximate surface area is 257 Å². The lowest BCUT2D eigenvalue weighted by Gasteiger charge is -2.50. The fourth-order valence-electron chi connectivity index (χ4n) is 5.53. The van der Waals surface area contributed by atoms with Crippen LogP contribution in [0.5, 0.6) is 0 Å². The molecule has 0 amide bonds. The second-order valence-electron chi connectivity index (χ2n) is 11.4. The molecule has 19 heteroatoms. The first-order valence-electron chi connectivity index (χ1n) is 14.4. The Kier molecular flexibility index (Phi) is 13.5. The van der Waals surface area contributed by atoms with E-state index in [0.717, 1.165) is 0 Å². The number of carboxylic acids is 1. The van der Waals surface area contributed by atoms with Crippen LogP contribution in [0.4, 0.5) is 0 Å². The van der Waals surface area contributed by atoms with Crippen LogP contribution in [0.15, 0.2) is 0 Å². The molecular formula is C26H44O19. The van der Waals surface area contributed by atoms with Gasteiger partial charge in [-0.25, -0.2) is 4.79 Å². The van der Waals surface area contributed by atoms with Crippen molar-refractivity contribution in [2.45, 2.75) is 118 Å². The van der Waals surface area contributed by atoms with Crippen molar-refractivity contribution in [3.05, 3.63) is 0 Å². The number of Topliss-reactive ketones (excluding diaryl/α,β-unsaturated/α-hetero) is 1. The van der Waals surface area contributed by atoms with Crippen molar-refractivity contribution in [1.29, 1.82) is 0 Å². The summed E-state index contributed by atoms with van der Waals surface area (Å²) in [5.74, 6) is -6.51. The van der Waals surface area contributed by atoms with Crippen molar-refractivity contribution in [3.8, 4) is 0 Å². The summed E-state index contributed by atoms with van der Waals surface area (Å²) in [5.41, 5.74) is 0. The number of carboxylic acid groups (broad SMARTS) is 1. The van der Waals surface area contributed by atoms with Crippen molar-refractivity contribution in [2.24, 2.45) is 5.92 Å². The van der Waals surface area contributed by atoms with Gasteiger partial charge in [0.2, 0.25) is 0 Å². The predicted octanol–water partition coefficient (Wildman–Crippen LogP) is -6.09. The van der Waals surface area contributed by atoms with Crippen LogP contribution in [0, 0.1) is 5.92 Å². The fourth-order valence-corrected chi connectivity index (χ4v) is 5.53. The summed E-state index contributed by atoms with van der Waals surface area (Å²) in [6.07, 6.45) is -24.4. The Hall–Kier alpha value is -1.50. The third-order valence-electron chi connectivity index (χ3n) is 8.09. The van der Waals surface area contributed by atoms with E-state index < -0.39 is 135 Å². The summed E-state index contributed by atoms with van der Waals surface area (Å²) in [4.78, 5) is 24.4. The first-order valence-corrected chi connectivity index (χ1v) is 14.4. The summed E-state index contributed by atoms with van der Waals surface area (Å²) in [5, 5.41) is 112. The Morgan fingerprint density at radius 2 is 1.49 bits per heavy atom. The van der Waals surface area contributed by atoms with Gasteiger partial charge in [0.25, 0.3) is 5.79 Å². The van der Waals surface area contributed by atoms with Crippen LogP contribution in [-0.4, -0.2) is 186 Å². The highest BCUT2D eigenvalue weighted by Crippen LogP contribution is 2.40. The fraction of sp³-hybridized carbons (Fsp3) is 0.923. The van der Waals surface area contributed by atoms with Crippen molar-refractivity contribution in [3.63, 3.8) is 0 Å². The van der Waals surface area contributed by atoms with Gasteiger partial charge in [0.1, 0.15) is 60.7 Å². The van der Waals surface area contributed by atoms with Gasteiger partial charge in [-0.1, -0.05) is 0 Å². The second kappa shape index (κ2) is 16.1. The van der Waals surface area contributed by atoms with Gasteiger partial charge in [0, 0.05) is 18.8 Å². The third-order valence-corrected chi connectivity index (χ3v) is 8.09. The number of rotatable bonds is 14. The van der Waals surface area contributed by atoms with Gasteiger partial charge in [0.05, 0.1) is 44.7 Å². The van der Waals surface area contributed by atoms with Crippen LogP contribution >= 0.6 is 0 Å². The minimum Gasteiger partial charge on any atom is -0.477 e. The standard InChI is InChI=1S/C26H44O19/c1-9(29)5-11-12(30)6-26(25(38)39,44-21(11)16(33)13(31)7-27)45-22-17(34)14(8-28)43-24(20(22)37)41-4-3-40-23-19(36)18(35)15(32)10(2)42-23/h10-24,27-28,30-37H,3-8H2,1-2H3,(H,38,39)/t10?,11-,12-,13?,14+,15-,16?,17+,18+,19?,20?,21?,22?,23-,24-,26+/m1/s1. The largest absolute Gasteiger partial charge is 0.477 e. The second-order valence-corrected chi connectivity index (χ2v) is 11.4. The summed E-state index contributed by atoms with van der Waals surface area (Å²) in [7, 11) is 0. The molecule has 0 aromatic heterocycles. The number of hydrogen-bond acceptors (Lipinski definition) is 18. The smallest absolute Gasteiger partial charge is 0.364 e. The van der Waals surface area contributed by atoms with E-state index in [1.807, 2.05) is 0 Å². The highest BCUT2D eigenvalue weighted by atomic mass is 16.8. The van der Waals surface area contributed by atoms with Crippen LogP contribution in [0.3, 0.4) is 0 Å². The Morgan fingerprint density at radius 3 is 2.02 bits per heavy atom. The van der Waals surface area contributed by atoms with Gasteiger partial charge in [-0.3, -0.25) is 0 Å². The van der Waals surface area contributed by atoms with Crippen LogP contribution in [0.25, 0.3) is 0 Å². The average Bonchev–Trinajstić information content (AvgIpc) is 2.99. The summed E-state index contributed by atoms with van der Waals surface area (Å²) in [6, 6.07) is 0. The molecule has 0 aromatic carbocycles. The zero-order valence-electron chi connectivity index (χ0n) is 24.6. The number of aliphatic carboxylic acids is 1. The third kappa shape index (κ3) is 8.51. The molecule has 11 N–H and O–H groups in total. The monoisotopic (exact) mass is 660 g/mol. The molecule has 0 radical (unpaired) electrons. The van der Waals surface area contributed by atoms with E-state index in [1.165, 1.54) is 13.8 Å². The first-order chi connectivity index (χ1) is 21.1. The van der Waals surface area contributed by atoms with E-state index >= 15 is 0 Å². The van der Waals surface area contributed by atoms with Crippen LogP contribution < -0.4 is 0 Å². The molecule has 3 saturated heterocycles. The highest BCUT2D eigenvalue weighted by molar-refractivity contribution is 5.77. The van der Waals surface area contributed by atoms with Gasteiger partial charge in [-0.2, -0.15) is 0 Å². The molecule has 7 unspecified atom stereocenters. The average molecular weight is 661 g/mol. The molecule has 3 rings (SSSR count). The van der Waals surface area contributed by atoms with Crippen LogP contribution in [0.2, 0.25) is 0 Å². The lowest BCUT2D eigenvalue weighted by atomic mass is 9.80. The molecule has 0 spiro atoms. The molecule has 3 aliphatic rings. The number of carbonyl (C=O) groups is 2. The highest BCUT2D eigenvalue weighted by Gasteiger charge is 2.59. The molecule has 3 fully saturated rings. The SMILES string of the molecule is CC(=O)C[C@H]1C(C(O)C(O)CO)O[C@@](OC2C(O)[C@H](OCCO[C@@H]3OC(C)[C@@H](O)[C@H](O)C3O)O[C@@H](CO)[C@@H]2O)(C(=O)O)C[C@H]1O. The lowest BCUT2D eigenvalue weighted by Crippen LogP contribution is -2.67. The number of aliphatic hydroxyl groups excluding tert-OH is 10. The predicted molar refractivity (Wildman–Crippen MR) is 141 cm³/mol. The first kappa shape index (κ1) is 38.0. The van der Waals surface area contributed by atoms with Gasteiger partial charge in [0.15, 0.2) is 12.6 Å². The summed E-state index contributed by atoms with van der Waals surface area (Å²) in [6.45, 7) is 0.0399. The van der Waals surface area contributed by atoms with Gasteiger partial charge < -0.3 is 89.4 Å². The van der Waals surface area contributed by atoms with Gasteiger partial charge in [-0.15, -0.1) is 0 Å². The van der Waals surface area contributed by atoms with E-state index in [2.05, 4.69) is 0 Å². The summed E-state index contributed by atoms with van der Waals surface area (Å²) < 4.78 is 32.7. The van der Waals surface area contributed by atoms with E-state index in [1.54, 1.807) is 0 Å². The molecule has 16 atom stereocenters.